The monoisotopic (exact) mass is 709 g/mol. The molecule has 7 rings (SSSR count). The molecule has 1 aliphatic rings. The molecule has 0 fully saturated rings. The van der Waals surface area contributed by atoms with E-state index >= 15 is 0 Å². The summed E-state index contributed by atoms with van der Waals surface area (Å²) in [6.45, 7) is 5.36. The van der Waals surface area contributed by atoms with Crippen LogP contribution in [0.15, 0.2) is 113 Å². The number of carbonyl (C=O) groups is 3. The molecule has 51 heavy (non-hydrogen) atoms. The van der Waals surface area contributed by atoms with Crippen LogP contribution in [0.4, 0.5) is 26.9 Å². The number of hydrogen-bond donors (Lipinski definition) is 0. The third-order valence-electron chi connectivity index (χ3n) is 8.19. The topological polar surface area (TPSA) is 142 Å². The van der Waals surface area contributed by atoms with Gasteiger partial charge in [-0.3, -0.25) is 14.6 Å². The molecule has 0 atom stereocenters. The Bertz CT molecular complexity index is 2380. The minimum Gasteiger partial charge on any atom is -0.444 e. The maximum Gasteiger partial charge on any atom is 0.424 e. The van der Waals surface area contributed by atoms with Gasteiger partial charge in [0.2, 0.25) is 0 Å². The minimum absolute atomic E-state index is 0.0234. The average molecular weight is 710 g/mol. The van der Waals surface area contributed by atoms with Crippen LogP contribution in [-0.4, -0.2) is 42.3 Å². The number of anilines is 3. The largest absolute Gasteiger partial charge is 0.444 e. The van der Waals surface area contributed by atoms with E-state index in [9.17, 15) is 19.6 Å². The second-order valence-corrected chi connectivity index (χ2v) is 13.2. The number of pyridine rings is 1. The van der Waals surface area contributed by atoms with Crippen molar-refractivity contribution in [1.82, 2.24) is 18.6 Å². The molecule has 0 unspecified atom stereocenters. The van der Waals surface area contributed by atoms with Crippen LogP contribution in [0.25, 0.3) is 21.6 Å². The molecule has 0 N–H and O–H groups in total. The molecule has 4 heterocycles. The molecule has 0 saturated heterocycles. The fraction of sp³-hybridized carbons (Fsp3) is 0.105. The summed E-state index contributed by atoms with van der Waals surface area (Å²) in [6.07, 6.45) is 0.249. The van der Waals surface area contributed by atoms with E-state index in [1.54, 1.807) is 36.4 Å². The number of nitriles is 1. The van der Waals surface area contributed by atoms with Crippen LogP contribution in [-0.2, 0) is 20.9 Å². The van der Waals surface area contributed by atoms with E-state index in [4.69, 9.17) is 9.72 Å². The Labute approximate surface area is 300 Å². The third kappa shape index (κ3) is 6.41. The predicted octanol–water partition coefficient (Wildman–Crippen LogP) is 8.52. The second kappa shape index (κ2) is 13.9. The van der Waals surface area contributed by atoms with Gasteiger partial charge in [0.15, 0.2) is 0 Å². The molecule has 1 aliphatic heterocycles. The van der Waals surface area contributed by atoms with Crippen LogP contribution in [0.2, 0.25) is 0 Å². The molecule has 0 spiro atoms. The van der Waals surface area contributed by atoms with Gasteiger partial charge >= 0.3 is 6.09 Å². The lowest BCUT2D eigenvalue weighted by molar-refractivity contribution is -0.136. The highest BCUT2D eigenvalue weighted by Crippen LogP contribution is 2.43. The Morgan fingerprint density at radius 3 is 2.16 bits per heavy atom. The normalized spacial score (nSPS) is 13.9. The summed E-state index contributed by atoms with van der Waals surface area (Å²) in [6, 6.07) is 31.3. The number of rotatable bonds is 7. The van der Waals surface area contributed by atoms with E-state index in [0.29, 0.717) is 27.2 Å². The van der Waals surface area contributed by atoms with Crippen molar-refractivity contribution < 1.29 is 19.1 Å². The minimum atomic E-state index is -1.21. The van der Waals surface area contributed by atoms with Crippen molar-refractivity contribution in [3.8, 4) is 16.6 Å². The van der Waals surface area contributed by atoms with Crippen LogP contribution in [0.1, 0.15) is 23.6 Å². The van der Waals surface area contributed by atoms with Gasteiger partial charge in [-0.15, -0.1) is 11.3 Å². The van der Waals surface area contributed by atoms with Gasteiger partial charge in [0.05, 0.1) is 22.8 Å². The van der Waals surface area contributed by atoms with E-state index in [1.807, 2.05) is 12.1 Å². The molecule has 0 saturated carbocycles. The van der Waals surface area contributed by atoms with Gasteiger partial charge in [-0.1, -0.05) is 65.7 Å². The van der Waals surface area contributed by atoms with Crippen molar-refractivity contribution in [3.05, 3.63) is 125 Å². The molecule has 6 aromatic rings. The maximum atomic E-state index is 13.6. The van der Waals surface area contributed by atoms with Gasteiger partial charge in [-0.2, -0.15) is 18.9 Å². The van der Waals surface area contributed by atoms with Crippen LogP contribution in [0, 0.1) is 25.2 Å². The van der Waals surface area contributed by atoms with Crippen LogP contribution in [0.5, 0.6) is 0 Å². The maximum absolute atomic E-state index is 13.6. The Balaban J connectivity index is 1.24. The standard InChI is InChI=1S/C38H27N7O4S2/c1-22-9-13-26(14-10-22)44(27-15-11-23(2)12-16-27)31-18-17-30(50-31)34-35-33(42-51-43-35)29(20-40-34)41-32-24(3)28(19-39)36(46)45(37(32)47)38(48)49-21-25-7-5-4-6-8-25/h4-18,20H,21H2,1-3H3. The first-order valence-electron chi connectivity index (χ1n) is 15.7. The highest BCUT2D eigenvalue weighted by molar-refractivity contribution is 7.19. The fourth-order valence-corrected chi connectivity index (χ4v) is 7.07. The molecule has 250 valence electrons. The zero-order chi connectivity index (χ0) is 35.6. The molecule has 3 aromatic carbocycles. The number of ether oxygens (including phenoxy) is 1. The van der Waals surface area contributed by atoms with Crippen molar-refractivity contribution in [2.75, 3.05) is 4.90 Å². The molecule has 3 amide bonds. The Kier molecular flexibility index (Phi) is 9.01. The van der Waals surface area contributed by atoms with Gasteiger partial charge in [-0.05, 0) is 62.7 Å². The van der Waals surface area contributed by atoms with Crippen LogP contribution < -0.4 is 4.90 Å². The molecule has 11 nitrogen and oxygen atoms in total. The number of aromatic nitrogens is 3. The van der Waals surface area contributed by atoms with Gasteiger partial charge in [0, 0.05) is 16.9 Å². The average Bonchev–Trinajstić information content (AvgIpc) is 3.83. The Morgan fingerprint density at radius 1 is 0.863 bits per heavy atom. The molecule has 0 bridgehead atoms. The van der Waals surface area contributed by atoms with Gasteiger partial charge < -0.3 is 9.64 Å². The summed E-state index contributed by atoms with van der Waals surface area (Å²) in [5.41, 5.74) is 5.93. The molecule has 3 aromatic heterocycles. The molecule has 0 radical (unpaired) electrons. The number of carbonyl (C=O) groups excluding carboxylic acids is 3. The van der Waals surface area contributed by atoms with Crippen molar-refractivity contribution in [2.24, 2.45) is 4.99 Å². The number of fused-ring (bicyclic) bond motifs is 1. The number of amides is 3. The summed E-state index contributed by atoms with van der Waals surface area (Å²) >= 11 is 2.50. The highest BCUT2D eigenvalue weighted by Gasteiger charge is 2.42. The second-order valence-electron chi connectivity index (χ2n) is 11.7. The SMILES string of the molecule is CC1=C(C#N)C(=O)N(C(=O)OCc2ccccc2)C(=O)C1=Nc1cnc(-c2ccc(N(c3ccc(C)cc3)c3ccc(C)cc3)s2)c2nsnc12. The number of thiophene rings is 1. The third-order valence-corrected chi connectivity index (χ3v) is 9.79. The summed E-state index contributed by atoms with van der Waals surface area (Å²) in [5, 5.41) is 10.8. The number of aliphatic imine (C=N–C) groups is 1. The summed E-state index contributed by atoms with van der Waals surface area (Å²) in [4.78, 5) is 52.3. The van der Waals surface area contributed by atoms with Crippen LogP contribution in [0.3, 0.4) is 0 Å². The highest BCUT2D eigenvalue weighted by atomic mass is 32.1. The lowest BCUT2D eigenvalue weighted by Crippen LogP contribution is -2.50. The Morgan fingerprint density at radius 2 is 1.51 bits per heavy atom. The number of imide groups is 3. The quantitative estimate of drug-likeness (QED) is 0.149. The smallest absolute Gasteiger partial charge is 0.424 e. The number of benzene rings is 3. The van der Waals surface area contributed by atoms with E-state index < -0.39 is 23.5 Å². The first-order valence-corrected chi connectivity index (χ1v) is 17.2. The first kappa shape index (κ1) is 33.2. The molecule has 0 aliphatic carbocycles. The first-order chi connectivity index (χ1) is 24.7. The number of aryl methyl sites for hydroxylation is 2. The summed E-state index contributed by atoms with van der Waals surface area (Å²) in [5.74, 6) is -2.10. The number of hydrogen-bond acceptors (Lipinski definition) is 12. The van der Waals surface area contributed by atoms with Crippen molar-refractivity contribution in [1.29, 1.82) is 5.26 Å². The van der Waals surface area contributed by atoms with Crippen molar-refractivity contribution >= 4 is 79.8 Å². The summed E-state index contributed by atoms with van der Waals surface area (Å²) in [7, 11) is 0. The lowest BCUT2D eigenvalue weighted by Gasteiger charge is -2.24. The van der Waals surface area contributed by atoms with Gasteiger partial charge in [0.1, 0.15) is 51.4 Å². The fourth-order valence-electron chi connectivity index (χ4n) is 5.47. The van der Waals surface area contributed by atoms with Gasteiger partial charge in [0.25, 0.3) is 11.8 Å². The zero-order valence-corrected chi connectivity index (χ0v) is 29.2. The van der Waals surface area contributed by atoms with Crippen molar-refractivity contribution in [2.45, 2.75) is 27.4 Å². The van der Waals surface area contributed by atoms with Crippen LogP contribution >= 0.6 is 23.1 Å². The molecular formula is C38H27N7O4S2. The molecular weight excluding hydrogens is 683 g/mol. The number of nitrogens with zero attached hydrogens (tertiary/aromatic N) is 7. The van der Waals surface area contributed by atoms with E-state index in [0.717, 1.165) is 44.1 Å². The zero-order valence-electron chi connectivity index (χ0n) is 27.5. The summed E-state index contributed by atoms with van der Waals surface area (Å²) < 4.78 is 14.2. The predicted molar refractivity (Wildman–Crippen MR) is 197 cm³/mol. The lowest BCUT2D eigenvalue weighted by atomic mass is 9.99. The van der Waals surface area contributed by atoms with E-state index in [2.05, 4.69) is 81.0 Å². The van der Waals surface area contributed by atoms with Gasteiger partial charge in [-0.25, -0.2) is 9.79 Å². The Hall–Kier alpha value is -6.36. The van der Waals surface area contributed by atoms with E-state index in [-0.39, 0.29) is 23.6 Å². The van der Waals surface area contributed by atoms with Crippen molar-refractivity contribution in [3.63, 3.8) is 0 Å². The molecule has 13 heteroatoms. The van der Waals surface area contributed by atoms with E-state index in [1.165, 1.54) is 24.5 Å².